The quantitative estimate of drug-likeness (QED) is 0.797. The Balaban J connectivity index is 1.55. The number of hydrogen-bond acceptors (Lipinski definition) is 4. The van der Waals surface area contributed by atoms with Crippen molar-refractivity contribution in [3.63, 3.8) is 0 Å². The third kappa shape index (κ3) is 3.27. The molecule has 0 radical (unpaired) electrons. The topological polar surface area (TPSA) is 47.9 Å². The maximum absolute atomic E-state index is 10.9. The zero-order valence-corrected chi connectivity index (χ0v) is 17.1. The Bertz CT molecular complexity index is 632. The molecule has 2 heterocycles. The Kier molecular flexibility index (Phi) is 4.95. The first-order valence-electron chi connectivity index (χ1n) is 10.4. The molecule has 2 saturated heterocycles. The molecule has 2 aliphatic heterocycles. The van der Waals surface area contributed by atoms with Gasteiger partial charge in [-0.15, -0.1) is 0 Å². The molecule has 1 N–H and O–H groups in total. The van der Waals surface area contributed by atoms with Crippen LogP contribution in [-0.4, -0.2) is 36.6 Å². The van der Waals surface area contributed by atoms with Crippen LogP contribution in [0.15, 0.2) is 30.3 Å². The molecular weight excluding hydrogens is 339 g/mol. The zero-order valence-electron chi connectivity index (χ0n) is 17.1. The number of ether oxygens (including phenoxy) is 1. The van der Waals surface area contributed by atoms with Crippen LogP contribution in [0.1, 0.15) is 65.0 Å². The summed E-state index contributed by atoms with van der Waals surface area (Å²) in [4.78, 5) is 0. The van der Waals surface area contributed by atoms with E-state index in [9.17, 15) is 5.11 Å². The lowest BCUT2D eigenvalue weighted by atomic mass is 9.37. The summed E-state index contributed by atoms with van der Waals surface area (Å²) in [6.07, 6.45) is 3.59. The summed E-state index contributed by atoms with van der Waals surface area (Å²) in [7, 11) is -0.204. The molecule has 4 nitrogen and oxygen atoms in total. The predicted octanol–water partition coefficient (Wildman–Crippen LogP) is 4.39. The molecule has 27 heavy (non-hydrogen) atoms. The van der Waals surface area contributed by atoms with Crippen molar-refractivity contribution in [3.8, 4) is 0 Å². The lowest BCUT2D eigenvalue weighted by Gasteiger charge is -2.55. The Labute approximate surface area is 163 Å². The Hall–Kier alpha value is -0.875. The highest BCUT2D eigenvalue weighted by Crippen LogP contribution is 2.66. The van der Waals surface area contributed by atoms with Crippen LogP contribution in [0.2, 0.25) is 5.31 Å². The third-order valence-corrected chi connectivity index (χ3v) is 7.63. The zero-order chi connectivity index (χ0) is 19.3. The van der Waals surface area contributed by atoms with Crippen LogP contribution in [0.3, 0.4) is 0 Å². The van der Waals surface area contributed by atoms with E-state index in [-0.39, 0.29) is 29.6 Å². The van der Waals surface area contributed by atoms with E-state index in [0.29, 0.717) is 5.92 Å². The number of benzene rings is 1. The second-order valence-corrected chi connectivity index (χ2v) is 9.73. The van der Waals surface area contributed by atoms with Crippen molar-refractivity contribution < 1.29 is 19.2 Å². The second kappa shape index (κ2) is 6.87. The lowest BCUT2D eigenvalue weighted by Crippen LogP contribution is -2.52. The van der Waals surface area contributed by atoms with Crippen molar-refractivity contribution >= 4 is 7.12 Å². The maximum Gasteiger partial charge on any atom is 0.464 e. The van der Waals surface area contributed by atoms with E-state index in [2.05, 4.69) is 27.7 Å². The van der Waals surface area contributed by atoms with E-state index in [1.54, 1.807) is 0 Å². The van der Waals surface area contributed by atoms with Crippen molar-refractivity contribution in [2.75, 3.05) is 13.2 Å². The van der Waals surface area contributed by atoms with Crippen molar-refractivity contribution in [2.45, 2.75) is 76.0 Å². The molecule has 3 fully saturated rings. The van der Waals surface area contributed by atoms with Crippen LogP contribution in [-0.2, 0) is 14.0 Å². The highest BCUT2D eigenvalue weighted by molar-refractivity contribution is 6.50. The summed E-state index contributed by atoms with van der Waals surface area (Å²) < 4.78 is 18.6. The number of hydrogen-bond donors (Lipinski definition) is 1. The van der Waals surface area contributed by atoms with Crippen molar-refractivity contribution in [1.82, 2.24) is 0 Å². The second-order valence-electron chi connectivity index (χ2n) is 9.73. The van der Waals surface area contributed by atoms with Gasteiger partial charge in [-0.2, -0.15) is 0 Å². The first kappa shape index (κ1) is 19.4. The molecule has 1 aromatic rings. The van der Waals surface area contributed by atoms with Crippen LogP contribution in [0.25, 0.3) is 0 Å². The summed E-state index contributed by atoms with van der Waals surface area (Å²) in [5.41, 5.74) is 0.370. The van der Waals surface area contributed by atoms with Gasteiger partial charge in [0, 0.05) is 18.5 Å². The minimum Gasteiger partial charge on any atom is -0.403 e. The molecule has 1 aliphatic carbocycles. The van der Waals surface area contributed by atoms with Gasteiger partial charge in [0.15, 0.2) is 0 Å². The first-order valence-corrected chi connectivity index (χ1v) is 10.4. The normalized spacial score (nSPS) is 34.3. The van der Waals surface area contributed by atoms with Crippen molar-refractivity contribution in [3.05, 3.63) is 35.9 Å². The minimum absolute atomic E-state index is 0.0186. The van der Waals surface area contributed by atoms with Gasteiger partial charge in [-0.05, 0) is 70.8 Å². The molecule has 0 bridgehead atoms. The summed E-state index contributed by atoms with van der Waals surface area (Å²) in [6.45, 7) is 10.1. The van der Waals surface area contributed by atoms with Crippen LogP contribution in [0, 0.1) is 11.8 Å². The molecule has 0 amide bonds. The molecule has 0 spiro atoms. The average molecular weight is 372 g/mol. The van der Waals surface area contributed by atoms with Gasteiger partial charge in [-0.1, -0.05) is 30.3 Å². The van der Waals surface area contributed by atoms with Gasteiger partial charge in [-0.25, -0.2) is 0 Å². The van der Waals surface area contributed by atoms with Crippen LogP contribution < -0.4 is 0 Å². The summed E-state index contributed by atoms with van der Waals surface area (Å²) in [5.74, 6) is 0.787. The summed E-state index contributed by atoms with van der Waals surface area (Å²) >= 11 is 0. The van der Waals surface area contributed by atoms with Gasteiger partial charge in [0.2, 0.25) is 0 Å². The standard InChI is InChI=1S/C22H33BO4/c1-20(2)21(3,4)27-23(26-20)22(18-10-12-25-13-11-18)14-17(15-22)19(24)16-8-6-5-7-9-16/h5-9,17-19,24H,10-15H2,1-4H3/t17?,19-,22?/m1/s1. The molecule has 4 rings (SSSR count). The Morgan fingerprint density at radius 3 is 2.07 bits per heavy atom. The number of rotatable bonds is 4. The molecule has 0 unspecified atom stereocenters. The van der Waals surface area contributed by atoms with Gasteiger partial charge in [0.25, 0.3) is 0 Å². The van der Waals surface area contributed by atoms with Gasteiger partial charge in [-0.3, -0.25) is 0 Å². The molecular formula is C22H33BO4. The van der Waals surface area contributed by atoms with Gasteiger partial charge < -0.3 is 19.2 Å². The first-order chi connectivity index (χ1) is 12.8. The fourth-order valence-corrected chi connectivity index (χ4v) is 5.13. The SMILES string of the molecule is CC1(C)OB(C2(C3CCOCC3)CC([C@H](O)c3ccccc3)C2)OC1(C)C. The molecule has 148 valence electrons. The van der Waals surface area contributed by atoms with Crippen molar-refractivity contribution in [2.24, 2.45) is 11.8 Å². The molecule has 5 heteroatoms. The summed E-state index contributed by atoms with van der Waals surface area (Å²) in [6, 6.07) is 10.0. The minimum atomic E-state index is -0.415. The van der Waals surface area contributed by atoms with E-state index in [4.69, 9.17) is 14.0 Å². The van der Waals surface area contributed by atoms with E-state index in [1.165, 1.54) is 0 Å². The van der Waals surface area contributed by atoms with E-state index < -0.39 is 6.10 Å². The third-order valence-electron chi connectivity index (χ3n) is 7.63. The van der Waals surface area contributed by atoms with E-state index in [0.717, 1.165) is 44.5 Å². The number of aliphatic hydroxyl groups is 1. The van der Waals surface area contributed by atoms with E-state index in [1.807, 2.05) is 30.3 Å². The monoisotopic (exact) mass is 372 g/mol. The fourth-order valence-electron chi connectivity index (χ4n) is 5.13. The molecule has 1 aromatic carbocycles. The highest BCUT2D eigenvalue weighted by Gasteiger charge is 2.66. The number of aliphatic hydroxyl groups excluding tert-OH is 1. The van der Waals surface area contributed by atoms with Gasteiger partial charge in [0.1, 0.15) is 0 Å². The molecule has 3 aliphatic rings. The van der Waals surface area contributed by atoms with Gasteiger partial charge in [0.05, 0.1) is 17.3 Å². The Morgan fingerprint density at radius 1 is 0.963 bits per heavy atom. The smallest absolute Gasteiger partial charge is 0.403 e. The highest BCUT2D eigenvalue weighted by atomic mass is 16.7. The predicted molar refractivity (Wildman–Crippen MR) is 106 cm³/mol. The van der Waals surface area contributed by atoms with Crippen LogP contribution >= 0.6 is 0 Å². The molecule has 0 aromatic heterocycles. The summed E-state index contributed by atoms with van der Waals surface area (Å²) in [5, 5.41) is 10.9. The average Bonchev–Trinajstić information content (AvgIpc) is 2.83. The van der Waals surface area contributed by atoms with E-state index >= 15 is 0 Å². The lowest BCUT2D eigenvalue weighted by molar-refractivity contribution is -0.0340. The van der Waals surface area contributed by atoms with Crippen LogP contribution in [0.4, 0.5) is 0 Å². The fraction of sp³-hybridized carbons (Fsp3) is 0.727. The van der Waals surface area contributed by atoms with Gasteiger partial charge >= 0.3 is 7.12 Å². The largest absolute Gasteiger partial charge is 0.464 e. The maximum atomic E-state index is 10.9. The van der Waals surface area contributed by atoms with Crippen molar-refractivity contribution in [1.29, 1.82) is 0 Å². The molecule has 1 atom stereocenters. The molecule has 1 saturated carbocycles. The van der Waals surface area contributed by atoms with Crippen LogP contribution in [0.5, 0.6) is 0 Å². The Morgan fingerprint density at radius 2 is 1.52 bits per heavy atom.